The average molecular weight is 516 g/mol. The molecule has 0 amide bonds. The van der Waals surface area contributed by atoms with Crippen LogP contribution in [0.25, 0.3) is 0 Å². The number of carbonyl (C=O) groups excluding carboxylic acids is 1. The first-order chi connectivity index (χ1) is 17.8. The number of methoxy groups -OCH3 is 1. The van der Waals surface area contributed by atoms with Crippen molar-refractivity contribution < 1.29 is 22.7 Å². The van der Waals surface area contributed by atoms with E-state index in [1.165, 1.54) is 23.5 Å². The zero-order chi connectivity index (χ0) is 26.4. The Hall–Kier alpha value is -4.10. The normalized spacial score (nSPS) is 11.1. The summed E-state index contributed by atoms with van der Waals surface area (Å²) in [6, 6.07) is 28.5. The van der Waals surface area contributed by atoms with Crippen LogP contribution < -0.4 is 9.04 Å². The predicted molar refractivity (Wildman–Crippen MR) is 144 cm³/mol. The molecule has 6 nitrogen and oxygen atoms in total. The molecule has 0 saturated heterocycles. The van der Waals surface area contributed by atoms with Crippen molar-refractivity contribution in [2.24, 2.45) is 0 Å². The van der Waals surface area contributed by atoms with Gasteiger partial charge in [-0.25, -0.2) is 13.2 Å². The van der Waals surface area contributed by atoms with Crippen LogP contribution in [0.5, 0.6) is 5.75 Å². The molecule has 0 aliphatic rings. The van der Waals surface area contributed by atoms with Crippen LogP contribution in [0.2, 0.25) is 0 Å². The molecular weight excluding hydrogens is 486 g/mol. The summed E-state index contributed by atoms with van der Waals surface area (Å²) in [7, 11) is -2.55. The summed E-state index contributed by atoms with van der Waals surface area (Å²) in [5.41, 5.74) is 3.42. The maximum absolute atomic E-state index is 14.1. The zero-order valence-corrected chi connectivity index (χ0v) is 21.9. The molecule has 4 aromatic rings. The molecule has 0 N–H and O–H groups in total. The first kappa shape index (κ1) is 26.0. The molecule has 4 aromatic carbocycles. The lowest BCUT2D eigenvalue weighted by molar-refractivity contribution is 0.0472. The number of aryl methyl sites for hydroxylation is 2. The van der Waals surface area contributed by atoms with Gasteiger partial charge in [-0.2, -0.15) is 0 Å². The molecule has 7 heteroatoms. The number of benzene rings is 4. The van der Waals surface area contributed by atoms with Crippen LogP contribution >= 0.6 is 0 Å². The van der Waals surface area contributed by atoms with Gasteiger partial charge in [0.1, 0.15) is 12.4 Å². The second-order valence-corrected chi connectivity index (χ2v) is 10.5. The van der Waals surface area contributed by atoms with E-state index in [1.54, 1.807) is 32.0 Å². The van der Waals surface area contributed by atoms with E-state index >= 15 is 0 Å². The van der Waals surface area contributed by atoms with Crippen molar-refractivity contribution in [3.05, 3.63) is 125 Å². The summed E-state index contributed by atoms with van der Waals surface area (Å²) in [5.74, 6) is -0.0338. The third-order valence-corrected chi connectivity index (χ3v) is 7.83. The SMILES string of the molecule is COc1ccc(S(=O)(=O)N(Cc2ccccc2)c2c(C)ccc(C)c2C(=O)OCc2ccccc2)cc1. The fourth-order valence-electron chi connectivity index (χ4n) is 4.08. The monoisotopic (exact) mass is 515 g/mol. The van der Waals surface area contributed by atoms with Crippen LogP contribution in [-0.2, 0) is 27.9 Å². The highest BCUT2D eigenvalue weighted by Gasteiger charge is 2.31. The van der Waals surface area contributed by atoms with Crippen LogP contribution in [0, 0.1) is 13.8 Å². The molecule has 0 heterocycles. The van der Waals surface area contributed by atoms with E-state index in [-0.39, 0.29) is 23.6 Å². The third-order valence-electron chi connectivity index (χ3n) is 6.07. The highest BCUT2D eigenvalue weighted by molar-refractivity contribution is 7.92. The molecule has 4 rings (SSSR count). The molecule has 190 valence electrons. The number of carbonyl (C=O) groups is 1. The van der Waals surface area contributed by atoms with Gasteiger partial charge >= 0.3 is 5.97 Å². The van der Waals surface area contributed by atoms with Gasteiger partial charge in [0.25, 0.3) is 10.0 Å². The molecule has 0 unspecified atom stereocenters. The molecule has 0 aliphatic heterocycles. The Kier molecular flexibility index (Phi) is 7.94. The van der Waals surface area contributed by atoms with Gasteiger partial charge in [0, 0.05) is 0 Å². The molecule has 37 heavy (non-hydrogen) atoms. The first-order valence-corrected chi connectivity index (χ1v) is 13.3. The molecule has 0 saturated carbocycles. The fraction of sp³-hybridized carbons (Fsp3) is 0.167. The highest BCUT2D eigenvalue weighted by atomic mass is 32.2. The quantitative estimate of drug-likeness (QED) is 0.253. The molecular formula is C30H29NO5S. The van der Waals surface area contributed by atoms with E-state index in [4.69, 9.17) is 9.47 Å². The standard InChI is InChI=1S/C30H29NO5S/c1-22-14-15-23(2)29(28(22)30(32)36-21-25-12-8-5-9-13-25)31(20-24-10-6-4-7-11-24)37(33,34)27-18-16-26(35-3)17-19-27/h4-19H,20-21H2,1-3H3. The molecule has 0 aliphatic carbocycles. The summed E-state index contributed by atoms with van der Waals surface area (Å²) in [5, 5.41) is 0. The number of rotatable bonds is 9. The Bertz CT molecular complexity index is 1470. The Morgan fingerprint density at radius 2 is 1.32 bits per heavy atom. The number of ether oxygens (including phenoxy) is 2. The highest BCUT2D eigenvalue weighted by Crippen LogP contribution is 2.35. The smallest absolute Gasteiger partial charge is 0.340 e. The second kappa shape index (κ2) is 11.3. The van der Waals surface area contributed by atoms with E-state index in [9.17, 15) is 13.2 Å². The van der Waals surface area contributed by atoms with Crippen molar-refractivity contribution in [1.29, 1.82) is 0 Å². The van der Waals surface area contributed by atoms with Crippen molar-refractivity contribution in [2.75, 3.05) is 11.4 Å². The largest absolute Gasteiger partial charge is 0.497 e. The van der Waals surface area contributed by atoms with Crippen LogP contribution in [0.1, 0.15) is 32.6 Å². The van der Waals surface area contributed by atoms with Crippen molar-refractivity contribution in [2.45, 2.75) is 31.9 Å². The second-order valence-electron chi connectivity index (χ2n) is 8.66. The predicted octanol–water partition coefficient (Wildman–Crippen LogP) is 6.06. The third kappa shape index (κ3) is 5.84. The van der Waals surface area contributed by atoms with E-state index in [1.807, 2.05) is 66.7 Å². The minimum absolute atomic E-state index is 0.0401. The van der Waals surface area contributed by atoms with Gasteiger partial charge in [-0.15, -0.1) is 0 Å². The maximum atomic E-state index is 14.1. The van der Waals surface area contributed by atoms with Crippen molar-refractivity contribution in [3.63, 3.8) is 0 Å². The van der Waals surface area contributed by atoms with Crippen LogP contribution in [0.15, 0.2) is 102 Å². The molecule has 0 bridgehead atoms. The Balaban J connectivity index is 1.82. The van der Waals surface area contributed by atoms with Gasteiger partial charge in [-0.3, -0.25) is 4.31 Å². The number of sulfonamides is 1. The van der Waals surface area contributed by atoms with E-state index in [0.717, 1.165) is 11.1 Å². The summed E-state index contributed by atoms with van der Waals surface area (Å²) in [6.07, 6.45) is 0. The average Bonchev–Trinajstić information content (AvgIpc) is 2.93. The van der Waals surface area contributed by atoms with Gasteiger partial charge in [0.05, 0.1) is 29.8 Å². The van der Waals surface area contributed by atoms with Crippen molar-refractivity contribution >= 4 is 21.7 Å². The number of hydrogen-bond acceptors (Lipinski definition) is 5. The minimum atomic E-state index is -4.07. The van der Waals surface area contributed by atoms with Crippen LogP contribution in [0.3, 0.4) is 0 Å². The lowest BCUT2D eigenvalue weighted by atomic mass is 10.0. The lowest BCUT2D eigenvalue weighted by Crippen LogP contribution is -2.33. The number of anilines is 1. The van der Waals surface area contributed by atoms with E-state index in [0.29, 0.717) is 22.6 Å². The minimum Gasteiger partial charge on any atom is -0.497 e. The van der Waals surface area contributed by atoms with Crippen LogP contribution in [0.4, 0.5) is 5.69 Å². The Morgan fingerprint density at radius 1 is 0.757 bits per heavy atom. The van der Waals surface area contributed by atoms with Crippen LogP contribution in [-0.4, -0.2) is 21.5 Å². The van der Waals surface area contributed by atoms with Gasteiger partial charge in [-0.1, -0.05) is 72.8 Å². The molecule has 0 spiro atoms. The van der Waals surface area contributed by atoms with Gasteiger partial charge < -0.3 is 9.47 Å². The van der Waals surface area contributed by atoms with Crippen molar-refractivity contribution in [1.82, 2.24) is 0 Å². The summed E-state index contributed by atoms with van der Waals surface area (Å²) < 4.78 is 40.3. The van der Waals surface area contributed by atoms with E-state index in [2.05, 4.69) is 0 Å². The van der Waals surface area contributed by atoms with Gasteiger partial charge in [0.15, 0.2) is 0 Å². The molecule has 0 atom stereocenters. The molecule has 0 fully saturated rings. The zero-order valence-electron chi connectivity index (χ0n) is 21.0. The topological polar surface area (TPSA) is 72.9 Å². The Labute approximate surface area is 218 Å². The Morgan fingerprint density at radius 3 is 1.92 bits per heavy atom. The summed E-state index contributed by atoms with van der Waals surface area (Å²) in [4.78, 5) is 13.5. The lowest BCUT2D eigenvalue weighted by Gasteiger charge is -2.29. The molecule has 0 radical (unpaired) electrons. The number of nitrogens with zero attached hydrogens (tertiary/aromatic N) is 1. The molecule has 0 aromatic heterocycles. The summed E-state index contributed by atoms with van der Waals surface area (Å²) in [6.45, 7) is 3.70. The first-order valence-electron chi connectivity index (χ1n) is 11.8. The van der Waals surface area contributed by atoms with Gasteiger partial charge in [0.2, 0.25) is 0 Å². The van der Waals surface area contributed by atoms with E-state index < -0.39 is 16.0 Å². The van der Waals surface area contributed by atoms with Gasteiger partial charge in [-0.05, 0) is 60.4 Å². The fourth-order valence-corrected chi connectivity index (χ4v) is 5.61. The number of esters is 1. The van der Waals surface area contributed by atoms with Crippen molar-refractivity contribution in [3.8, 4) is 5.75 Å². The maximum Gasteiger partial charge on any atom is 0.340 e. The number of hydrogen-bond donors (Lipinski definition) is 0. The summed E-state index contributed by atoms with van der Waals surface area (Å²) >= 11 is 0.